The summed E-state index contributed by atoms with van der Waals surface area (Å²) >= 11 is 0. The minimum absolute atomic E-state index is 0.178. The van der Waals surface area contributed by atoms with E-state index >= 15 is 0 Å². The minimum Gasteiger partial charge on any atom is -0.352 e. The molecule has 1 atom stereocenters. The van der Waals surface area contributed by atoms with E-state index in [-0.39, 0.29) is 11.3 Å². The first-order valence-electron chi connectivity index (χ1n) is 5.37. The highest BCUT2D eigenvalue weighted by Gasteiger charge is 2.36. The largest absolute Gasteiger partial charge is 0.352 e. The Bertz CT molecular complexity index is 246. The van der Waals surface area contributed by atoms with Crippen LogP contribution in [0.5, 0.6) is 0 Å². The molecule has 0 aromatic carbocycles. The van der Waals surface area contributed by atoms with Gasteiger partial charge in [-0.2, -0.15) is 0 Å². The molecule has 2 aliphatic rings. The van der Waals surface area contributed by atoms with Crippen LogP contribution in [0, 0.1) is 5.41 Å². The summed E-state index contributed by atoms with van der Waals surface area (Å²) in [6.07, 6.45) is 7.23. The van der Waals surface area contributed by atoms with Gasteiger partial charge in [0.1, 0.15) is 0 Å². The molecule has 1 amide bonds. The fraction of sp³-hybridized carbons (Fsp3) is 0.727. The van der Waals surface area contributed by atoms with E-state index in [0.717, 1.165) is 32.4 Å². The lowest BCUT2D eigenvalue weighted by Gasteiger charge is -2.24. The Morgan fingerprint density at radius 1 is 1.50 bits per heavy atom. The van der Waals surface area contributed by atoms with Crippen molar-refractivity contribution in [2.75, 3.05) is 13.1 Å². The topological polar surface area (TPSA) is 41.1 Å². The van der Waals surface area contributed by atoms with Crippen LogP contribution in [0.1, 0.15) is 26.2 Å². The summed E-state index contributed by atoms with van der Waals surface area (Å²) in [5.74, 6) is 0.219. The van der Waals surface area contributed by atoms with Crippen LogP contribution >= 0.6 is 0 Å². The highest BCUT2D eigenvalue weighted by atomic mass is 16.2. The van der Waals surface area contributed by atoms with Crippen LogP contribution in [0.2, 0.25) is 0 Å². The number of carbonyl (C=O) groups excluding carboxylic acids is 1. The van der Waals surface area contributed by atoms with Gasteiger partial charge >= 0.3 is 0 Å². The summed E-state index contributed by atoms with van der Waals surface area (Å²) in [6, 6.07) is 0.347. The van der Waals surface area contributed by atoms with Gasteiger partial charge in [0, 0.05) is 12.6 Å². The summed E-state index contributed by atoms with van der Waals surface area (Å²) in [6.45, 7) is 3.83. The number of carbonyl (C=O) groups is 1. The number of hydrogen-bond acceptors (Lipinski definition) is 2. The van der Waals surface area contributed by atoms with Crippen molar-refractivity contribution in [2.45, 2.75) is 32.2 Å². The monoisotopic (exact) mass is 194 g/mol. The molecule has 0 bridgehead atoms. The summed E-state index contributed by atoms with van der Waals surface area (Å²) < 4.78 is 0. The Morgan fingerprint density at radius 2 is 2.21 bits per heavy atom. The van der Waals surface area contributed by atoms with Crippen molar-refractivity contribution in [3.63, 3.8) is 0 Å². The molecule has 1 aliphatic heterocycles. The quantitative estimate of drug-likeness (QED) is 0.639. The summed E-state index contributed by atoms with van der Waals surface area (Å²) in [5.41, 5.74) is -0.178. The molecule has 0 spiro atoms. The summed E-state index contributed by atoms with van der Waals surface area (Å²) in [5, 5.41) is 6.36. The Kier molecular flexibility index (Phi) is 2.59. The lowest BCUT2D eigenvalue weighted by molar-refractivity contribution is -0.129. The Labute approximate surface area is 84.9 Å². The Balaban J connectivity index is 1.88. The zero-order valence-electron chi connectivity index (χ0n) is 8.68. The minimum atomic E-state index is -0.178. The van der Waals surface area contributed by atoms with E-state index in [2.05, 4.69) is 22.8 Å². The van der Waals surface area contributed by atoms with Gasteiger partial charge in [0.25, 0.3) is 0 Å². The Morgan fingerprint density at radius 3 is 2.79 bits per heavy atom. The summed E-state index contributed by atoms with van der Waals surface area (Å²) in [7, 11) is 0. The molecule has 1 fully saturated rings. The average molecular weight is 194 g/mol. The molecule has 3 nitrogen and oxygen atoms in total. The number of hydrogen-bond donors (Lipinski definition) is 2. The predicted octanol–water partition coefficient (Wildman–Crippen LogP) is 0.821. The van der Waals surface area contributed by atoms with E-state index in [9.17, 15) is 4.79 Å². The van der Waals surface area contributed by atoms with E-state index in [4.69, 9.17) is 0 Å². The van der Waals surface area contributed by atoms with Crippen molar-refractivity contribution in [3.05, 3.63) is 12.2 Å². The second kappa shape index (κ2) is 3.73. The van der Waals surface area contributed by atoms with Gasteiger partial charge in [-0.3, -0.25) is 4.79 Å². The van der Waals surface area contributed by atoms with Gasteiger partial charge < -0.3 is 10.6 Å². The zero-order chi connectivity index (χ0) is 10.0. The van der Waals surface area contributed by atoms with Gasteiger partial charge in [0.2, 0.25) is 5.91 Å². The van der Waals surface area contributed by atoms with Gasteiger partial charge in [0.15, 0.2) is 0 Å². The molecule has 1 heterocycles. The predicted molar refractivity (Wildman–Crippen MR) is 55.9 cm³/mol. The van der Waals surface area contributed by atoms with Crippen molar-refractivity contribution >= 4 is 5.91 Å². The highest BCUT2D eigenvalue weighted by Crippen LogP contribution is 2.25. The molecule has 1 saturated heterocycles. The molecule has 1 unspecified atom stereocenters. The number of amides is 1. The van der Waals surface area contributed by atoms with Crippen molar-refractivity contribution in [1.29, 1.82) is 0 Å². The van der Waals surface area contributed by atoms with Crippen LogP contribution < -0.4 is 10.6 Å². The fourth-order valence-electron chi connectivity index (χ4n) is 2.11. The van der Waals surface area contributed by atoms with Crippen molar-refractivity contribution < 1.29 is 4.79 Å². The van der Waals surface area contributed by atoms with Gasteiger partial charge in [-0.05, 0) is 32.7 Å². The first-order valence-corrected chi connectivity index (χ1v) is 5.37. The molecule has 2 N–H and O–H groups in total. The molecule has 2 rings (SSSR count). The van der Waals surface area contributed by atoms with Crippen molar-refractivity contribution in [2.24, 2.45) is 5.41 Å². The van der Waals surface area contributed by atoms with Gasteiger partial charge in [0.05, 0.1) is 5.41 Å². The zero-order valence-corrected chi connectivity index (χ0v) is 8.68. The van der Waals surface area contributed by atoms with E-state index < -0.39 is 0 Å². The van der Waals surface area contributed by atoms with Crippen LogP contribution in [0.3, 0.4) is 0 Å². The smallest absolute Gasteiger partial charge is 0.227 e. The molecule has 0 radical (unpaired) electrons. The highest BCUT2D eigenvalue weighted by molar-refractivity contribution is 5.83. The lowest BCUT2D eigenvalue weighted by atomic mass is 9.88. The maximum absolute atomic E-state index is 11.9. The summed E-state index contributed by atoms with van der Waals surface area (Å²) in [4.78, 5) is 11.9. The van der Waals surface area contributed by atoms with Crippen LogP contribution in [-0.2, 0) is 4.79 Å². The fourth-order valence-corrected chi connectivity index (χ4v) is 2.11. The molecule has 1 aliphatic carbocycles. The van der Waals surface area contributed by atoms with Gasteiger partial charge in [-0.15, -0.1) is 0 Å². The number of rotatable bonds is 2. The van der Waals surface area contributed by atoms with E-state index in [1.165, 1.54) is 0 Å². The molecule has 0 saturated carbocycles. The third-order valence-electron chi connectivity index (χ3n) is 3.26. The van der Waals surface area contributed by atoms with E-state index in [1.54, 1.807) is 0 Å². The second-order valence-corrected chi connectivity index (χ2v) is 4.60. The van der Waals surface area contributed by atoms with Crippen molar-refractivity contribution in [1.82, 2.24) is 10.6 Å². The molecule has 0 aromatic rings. The standard InChI is InChI=1S/C11H18N2O/c1-11(6-7-12-8-11)10(14)13-9-4-2-3-5-9/h2-3,9,12H,4-8H2,1H3,(H,13,14). The first kappa shape index (κ1) is 9.71. The third-order valence-corrected chi connectivity index (χ3v) is 3.26. The van der Waals surface area contributed by atoms with E-state index in [1.807, 2.05) is 6.92 Å². The maximum Gasteiger partial charge on any atom is 0.227 e. The maximum atomic E-state index is 11.9. The molecular weight excluding hydrogens is 176 g/mol. The van der Waals surface area contributed by atoms with Crippen LogP contribution in [-0.4, -0.2) is 25.0 Å². The molecule has 78 valence electrons. The molecular formula is C11H18N2O. The van der Waals surface area contributed by atoms with Crippen molar-refractivity contribution in [3.8, 4) is 0 Å². The molecule has 3 heteroatoms. The third kappa shape index (κ3) is 1.82. The van der Waals surface area contributed by atoms with Gasteiger partial charge in [-0.1, -0.05) is 12.2 Å². The van der Waals surface area contributed by atoms with Crippen LogP contribution in [0.25, 0.3) is 0 Å². The van der Waals surface area contributed by atoms with Gasteiger partial charge in [-0.25, -0.2) is 0 Å². The molecule has 0 aromatic heterocycles. The second-order valence-electron chi connectivity index (χ2n) is 4.60. The lowest BCUT2D eigenvalue weighted by Crippen LogP contribution is -2.44. The molecule has 14 heavy (non-hydrogen) atoms. The van der Waals surface area contributed by atoms with E-state index in [0.29, 0.717) is 6.04 Å². The first-order chi connectivity index (χ1) is 6.71. The average Bonchev–Trinajstić information content (AvgIpc) is 2.76. The number of nitrogens with one attached hydrogen (secondary N) is 2. The Hall–Kier alpha value is -0.830. The normalized spacial score (nSPS) is 32.4. The van der Waals surface area contributed by atoms with Crippen LogP contribution in [0.15, 0.2) is 12.2 Å². The SMILES string of the molecule is CC1(C(=O)NC2CC=CC2)CCNC1. The van der Waals surface area contributed by atoms with Crippen LogP contribution in [0.4, 0.5) is 0 Å².